The lowest BCUT2D eigenvalue weighted by Crippen LogP contribution is -1.95. The van der Waals surface area contributed by atoms with Gasteiger partial charge < -0.3 is 0 Å². The van der Waals surface area contributed by atoms with Crippen molar-refractivity contribution >= 4 is 38.5 Å². The summed E-state index contributed by atoms with van der Waals surface area (Å²) < 4.78 is 2.31. The normalized spacial score (nSPS) is 13.5. The van der Waals surface area contributed by atoms with Crippen LogP contribution in [0.4, 0.5) is 0 Å². The first-order valence-corrected chi connectivity index (χ1v) is 12.0. The van der Waals surface area contributed by atoms with E-state index in [2.05, 4.69) is 70.0 Å². The molecule has 4 heterocycles. The fourth-order valence-corrected chi connectivity index (χ4v) is 6.47. The van der Waals surface area contributed by atoms with Crippen LogP contribution in [0.1, 0.15) is 22.3 Å². The number of hydrogen-bond donors (Lipinski definition) is 0. The van der Waals surface area contributed by atoms with Crippen LogP contribution in [-0.4, -0.2) is 19.4 Å². The molecule has 0 spiro atoms. The molecule has 2 aliphatic carbocycles. The van der Waals surface area contributed by atoms with Crippen molar-refractivity contribution in [3.8, 4) is 22.3 Å². The summed E-state index contributed by atoms with van der Waals surface area (Å²) >= 11 is 0. The quantitative estimate of drug-likeness (QED) is 0.243. The fourth-order valence-electron chi connectivity index (χ4n) is 6.47. The van der Waals surface area contributed by atoms with Crippen molar-refractivity contribution in [1.82, 2.24) is 19.4 Å². The first-order chi connectivity index (χ1) is 17.3. The number of hydrogen-bond acceptors (Lipinski definition) is 3. The van der Waals surface area contributed by atoms with Crippen LogP contribution >= 0.6 is 0 Å². The van der Waals surface area contributed by atoms with Gasteiger partial charge in [0.1, 0.15) is 5.65 Å². The second-order valence-electron chi connectivity index (χ2n) is 9.70. The Hall–Kier alpha value is -4.57. The van der Waals surface area contributed by atoms with Gasteiger partial charge in [-0.2, -0.15) is 0 Å². The Bertz CT molecular complexity index is 2070. The minimum atomic E-state index is 0.923. The summed E-state index contributed by atoms with van der Waals surface area (Å²) in [5.41, 5.74) is 16.3. The zero-order valence-electron chi connectivity index (χ0n) is 18.8. The lowest BCUT2D eigenvalue weighted by atomic mass is 9.98. The molecule has 162 valence electrons. The van der Waals surface area contributed by atoms with E-state index in [1.54, 1.807) is 0 Å². The Labute approximate surface area is 200 Å². The van der Waals surface area contributed by atoms with Gasteiger partial charge in [-0.3, -0.25) is 14.4 Å². The van der Waals surface area contributed by atoms with Gasteiger partial charge in [0.15, 0.2) is 0 Å². The average Bonchev–Trinajstić information content (AvgIpc) is 3.58. The van der Waals surface area contributed by atoms with E-state index >= 15 is 0 Å². The van der Waals surface area contributed by atoms with Crippen molar-refractivity contribution in [2.45, 2.75) is 12.8 Å². The molecule has 0 saturated heterocycles. The van der Waals surface area contributed by atoms with Gasteiger partial charge in [-0.05, 0) is 81.3 Å². The summed E-state index contributed by atoms with van der Waals surface area (Å²) in [5.74, 6) is 0. The molecule has 0 atom stereocenters. The predicted molar refractivity (Wildman–Crippen MR) is 140 cm³/mol. The number of pyridine rings is 3. The maximum absolute atomic E-state index is 5.12. The molecule has 4 heteroatoms. The maximum atomic E-state index is 5.12. The predicted octanol–water partition coefficient (Wildman–Crippen LogP) is 6.73. The second-order valence-corrected chi connectivity index (χ2v) is 9.70. The molecule has 0 N–H and O–H groups in total. The van der Waals surface area contributed by atoms with Crippen LogP contribution in [0, 0.1) is 0 Å². The molecule has 0 saturated carbocycles. The number of nitrogens with zero attached hydrogens (tertiary/aromatic N) is 4. The van der Waals surface area contributed by atoms with E-state index in [0.717, 1.165) is 45.8 Å². The molecule has 0 radical (unpaired) electrons. The monoisotopic (exact) mass is 446 g/mol. The molecule has 0 fully saturated rings. The van der Waals surface area contributed by atoms with Crippen molar-refractivity contribution in [3.63, 3.8) is 0 Å². The topological polar surface area (TPSA) is 43.1 Å². The van der Waals surface area contributed by atoms with Crippen LogP contribution < -0.4 is 0 Å². The largest absolute Gasteiger partial charge is 0.290 e. The Kier molecular flexibility index (Phi) is 3.11. The average molecular weight is 447 g/mol. The van der Waals surface area contributed by atoms with Gasteiger partial charge in [-0.25, -0.2) is 4.98 Å². The first kappa shape index (κ1) is 17.8. The van der Waals surface area contributed by atoms with Crippen molar-refractivity contribution in [2.75, 3.05) is 0 Å². The lowest BCUT2D eigenvalue weighted by molar-refractivity contribution is 1.20. The lowest BCUT2D eigenvalue weighted by Gasteiger charge is -2.09. The highest BCUT2D eigenvalue weighted by atomic mass is 15.0. The van der Waals surface area contributed by atoms with Gasteiger partial charge in [-0.15, -0.1) is 0 Å². The van der Waals surface area contributed by atoms with Gasteiger partial charge in [0.05, 0.1) is 28.3 Å². The molecule has 4 nitrogen and oxygen atoms in total. The molecule has 4 aromatic heterocycles. The summed E-state index contributed by atoms with van der Waals surface area (Å²) in [5, 5.41) is 2.17. The van der Waals surface area contributed by atoms with Crippen LogP contribution in [-0.2, 0) is 12.8 Å². The molecular weight excluding hydrogens is 428 g/mol. The standard InChI is InChI=1S/C31H18N4/c1-2-5-20-17(4-1)12-18-13-19-14-26-21(25(19)15-24(18)20)7-8-27-30(26)35-28-16-32-11-9-22(28)29-23(31(35)34-27)6-3-10-33-29/h1-11,13,15-16H,12,14H2. The summed E-state index contributed by atoms with van der Waals surface area (Å²) in [6.07, 6.45) is 7.60. The Morgan fingerprint density at radius 1 is 0.686 bits per heavy atom. The number of rotatable bonds is 0. The molecule has 0 aliphatic heterocycles. The smallest absolute Gasteiger partial charge is 0.148 e. The first-order valence-electron chi connectivity index (χ1n) is 12.0. The van der Waals surface area contributed by atoms with E-state index in [-0.39, 0.29) is 0 Å². The molecule has 0 amide bonds. The van der Waals surface area contributed by atoms with Gasteiger partial charge in [0, 0.05) is 29.6 Å². The van der Waals surface area contributed by atoms with Gasteiger partial charge >= 0.3 is 0 Å². The van der Waals surface area contributed by atoms with Crippen molar-refractivity contribution in [2.24, 2.45) is 0 Å². The number of benzene rings is 3. The van der Waals surface area contributed by atoms with E-state index in [9.17, 15) is 0 Å². The summed E-state index contributed by atoms with van der Waals surface area (Å²) in [4.78, 5) is 14.3. The maximum Gasteiger partial charge on any atom is 0.148 e. The van der Waals surface area contributed by atoms with E-state index in [4.69, 9.17) is 9.97 Å². The van der Waals surface area contributed by atoms with E-state index in [0.29, 0.717) is 0 Å². The molecule has 35 heavy (non-hydrogen) atoms. The number of aromatic nitrogens is 4. The molecule has 2 aliphatic rings. The van der Waals surface area contributed by atoms with Crippen LogP contribution in [0.3, 0.4) is 0 Å². The Morgan fingerprint density at radius 2 is 1.60 bits per heavy atom. The summed E-state index contributed by atoms with van der Waals surface area (Å²) in [6, 6.07) is 24.3. The molecule has 0 unspecified atom stereocenters. The van der Waals surface area contributed by atoms with Crippen LogP contribution in [0.25, 0.3) is 60.7 Å². The highest BCUT2D eigenvalue weighted by Gasteiger charge is 2.28. The second kappa shape index (κ2) is 6.10. The zero-order chi connectivity index (χ0) is 22.7. The van der Waals surface area contributed by atoms with E-state index in [1.807, 2.05) is 24.7 Å². The minimum Gasteiger partial charge on any atom is -0.290 e. The summed E-state index contributed by atoms with van der Waals surface area (Å²) in [7, 11) is 0. The molecule has 0 bridgehead atoms. The minimum absolute atomic E-state index is 0.923. The molecule has 7 aromatic rings. The van der Waals surface area contributed by atoms with Crippen LogP contribution in [0.15, 0.2) is 85.3 Å². The SMILES string of the molecule is c1ccc2c(c1)Cc1cc3c(cc1-2)-c1ccc2nc4c5cccnc5c5ccncc5n4c2c1C3. The third kappa shape index (κ3) is 2.15. The summed E-state index contributed by atoms with van der Waals surface area (Å²) in [6.45, 7) is 0. The third-order valence-electron chi connectivity index (χ3n) is 7.94. The van der Waals surface area contributed by atoms with Gasteiger partial charge in [-0.1, -0.05) is 36.4 Å². The highest BCUT2D eigenvalue weighted by Crippen LogP contribution is 2.47. The van der Waals surface area contributed by atoms with Gasteiger partial charge in [0.2, 0.25) is 0 Å². The number of fused-ring (bicyclic) bond motifs is 15. The zero-order valence-corrected chi connectivity index (χ0v) is 18.8. The third-order valence-corrected chi connectivity index (χ3v) is 7.94. The van der Waals surface area contributed by atoms with Crippen LogP contribution in [0.5, 0.6) is 0 Å². The Morgan fingerprint density at radius 3 is 2.60 bits per heavy atom. The van der Waals surface area contributed by atoms with E-state index in [1.165, 1.54) is 50.0 Å². The fraction of sp³-hybridized carbons (Fsp3) is 0.0645. The van der Waals surface area contributed by atoms with Crippen molar-refractivity contribution < 1.29 is 0 Å². The van der Waals surface area contributed by atoms with Gasteiger partial charge in [0.25, 0.3) is 0 Å². The highest BCUT2D eigenvalue weighted by molar-refractivity contribution is 6.12. The van der Waals surface area contributed by atoms with E-state index < -0.39 is 0 Å². The van der Waals surface area contributed by atoms with Crippen molar-refractivity contribution in [1.29, 1.82) is 0 Å². The Balaban J connectivity index is 1.40. The van der Waals surface area contributed by atoms with Crippen LogP contribution in [0.2, 0.25) is 0 Å². The molecule has 3 aromatic carbocycles. The molecular formula is C31H18N4. The number of imidazole rings is 1. The van der Waals surface area contributed by atoms with Crippen molar-refractivity contribution in [3.05, 3.63) is 108 Å². The molecule has 9 rings (SSSR count).